The zero-order chi connectivity index (χ0) is 14.2. The average Bonchev–Trinajstić information content (AvgIpc) is 3.16. The first-order valence-electron chi connectivity index (χ1n) is 7.45. The predicted octanol–water partition coefficient (Wildman–Crippen LogP) is 2.40. The van der Waals surface area contributed by atoms with E-state index in [0.29, 0.717) is 12.0 Å². The molecule has 4 rings (SSSR count). The van der Waals surface area contributed by atoms with E-state index in [4.69, 9.17) is 5.73 Å². The summed E-state index contributed by atoms with van der Waals surface area (Å²) in [6.07, 6.45) is 2.59. The Morgan fingerprint density at radius 1 is 1.32 bits per heavy atom. The van der Waals surface area contributed by atoms with Gasteiger partial charge in [0.05, 0.1) is 5.69 Å². The first-order chi connectivity index (χ1) is 10.3. The summed E-state index contributed by atoms with van der Waals surface area (Å²) in [6, 6.07) is 4.73. The topological polar surface area (TPSA) is 67.1 Å². The Hall–Kier alpha value is -1.37. The van der Waals surface area contributed by atoms with E-state index >= 15 is 0 Å². The minimum absolute atomic E-state index is 0. The molecule has 4 heterocycles. The van der Waals surface area contributed by atoms with Crippen molar-refractivity contribution in [3.63, 3.8) is 0 Å². The minimum atomic E-state index is 0. The van der Waals surface area contributed by atoms with Gasteiger partial charge in [0.25, 0.3) is 0 Å². The summed E-state index contributed by atoms with van der Waals surface area (Å²) in [5.41, 5.74) is 7.95. The average molecular weight is 338 g/mol. The quantitative estimate of drug-likeness (QED) is 0.880. The monoisotopic (exact) mass is 337 g/mol. The van der Waals surface area contributed by atoms with Gasteiger partial charge in [-0.25, -0.2) is 4.98 Å². The Bertz CT molecular complexity index is 619. The molecule has 2 aromatic rings. The Morgan fingerprint density at radius 2 is 2.23 bits per heavy atom. The third-order valence-corrected chi connectivity index (χ3v) is 5.15. The van der Waals surface area contributed by atoms with E-state index < -0.39 is 0 Å². The van der Waals surface area contributed by atoms with E-state index in [1.54, 1.807) is 11.3 Å². The molecule has 0 spiro atoms. The largest absolute Gasteiger partial charge is 0.368 e. The molecule has 22 heavy (non-hydrogen) atoms. The zero-order valence-corrected chi connectivity index (χ0v) is 13.9. The van der Waals surface area contributed by atoms with Crippen molar-refractivity contribution in [1.82, 2.24) is 15.3 Å². The van der Waals surface area contributed by atoms with Crippen LogP contribution in [0.2, 0.25) is 0 Å². The highest BCUT2D eigenvalue weighted by molar-refractivity contribution is 7.08. The zero-order valence-electron chi connectivity index (χ0n) is 12.2. The van der Waals surface area contributed by atoms with Crippen molar-refractivity contribution in [3.8, 4) is 11.3 Å². The summed E-state index contributed by atoms with van der Waals surface area (Å²) in [5, 5.41) is 7.77. The molecule has 2 aliphatic heterocycles. The van der Waals surface area contributed by atoms with Crippen molar-refractivity contribution in [1.29, 1.82) is 0 Å². The molecule has 0 radical (unpaired) electrons. The van der Waals surface area contributed by atoms with Crippen molar-refractivity contribution in [2.75, 3.05) is 30.3 Å². The summed E-state index contributed by atoms with van der Waals surface area (Å²) in [7, 11) is 0. The van der Waals surface area contributed by atoms with Crippen LogP contribution in [-0.2, 0) is 0 Å². The molecule has 7 heteroatoms. The van der Waals surface area contributed by atoms with Crippen molar-refractivity contribution in [3.05, 3.63) is 22.9 Å². The van der Waals surface area contributed by atoms with Gasteiger partial charge in [0.1, 0.15) is 5.82 Å². The van der Waals surface area contributed by atoms with Crippen LogP contribution in [0.5, 0.6) is 0 Å². The standard InChI is InChI=1S/C15H19N5S.ClH/c16-15-18-12(11-3-5-21-9-11)6-14(19-15)20-7-10-2-1-4-17-13(10)8-20;/h3,5-6,9-10,13,17H,1-2,4,7-8H2,(H2,16,18,19);1H/t10-,13+;/m1./s1. The fourth-order valence-corrected chi connectivity index (χ4v) is 4.06. The molecular weight excluding hydrogens is 318 g/mol. The fourth-order valence-electron chi connectivity index (χ4n) is 3.41. The van der Waals surface area contributed by atoms with Crippen LogP contribution in [-0.4, -0.2) is 35.6 Å². The van der Waals surface area contributed by atoms with Gasteiger partial charge in [-0.3, -0.25) is 0 Å². The lowest BCUT2D eigenvalue weighted by atomic mass is 9.94. The minimum Gasteiger partial charge on any atom is -0.368 e. The molecule has 118 valence electrons. The number of nitrogen functional groups attached to an aromatic ring is 1. The number of halogens is 1. The molecule has 3 N–H and O–H groups in total. The fraction of sp³-hybridized carbons (Fsp3) is 0.467. The van der Waals surface area contributed by atoms with Gasteiger partial charge in [0.2, 0.25) is 5.95 Å². The number of aromatic nitrogens is 2. The number of nitrogens with zero attached hydrogens (tertiary/aromatic N) is 3. The van der Waals surface area contributed by atoms with Gasteiger partial charge >= 0.3 is 0 Å². The maximum atomic E-state index is 5.92. The third-order valence-electron chi connectivity index (χ3n) is 4.47. The van der Waals surface area contributed by atoms with Crippen LogP contribution in [0.3, 0.4) is 0 Å². The maximum absolute atomic E-state index is 5.92. The summed E-state index contributed by atoms with van der Waals surface area (Å²) < 4.78 is 0. The molecule has 2 fully saturated rings. The summed E-state index contributed by atoms with van der Waals surface area (Å²) in [6.45, 7) is 3.22. The third kappa shape index (κ3) is 2.91. The number of anilines is 2. The number of hydrogen-bond donors (Lipinski definition) is 2. The van der Waals surface area contributed by atoms with Crippen molar-refractivity contribution in [2.24, 2.45) is 5.92 Å². The van der Waals surface area contributed by atoms with Gasteiger partial charge in [0.15, 0.2) is 0 Å². The van der Waals surface area contributed by atoms with Crippen LogP contribution in [0.1, 0.15) is 12.8 Å². The maximum Gasteiger partial charge on any atom is 0.222 e. The van der Waals surface area contributed by atoms with Crippen LogP contribution in [0, 0.1) is 5.92 Å². The number of thiophene rings is 1. The normalized spacial score (nSPS) is 23.9. The molecule has 0 saturated carbocycles. The van der Waals surface area contributed by atoms with Gasteiger partial charge in [-0.05, 0) is 36.8 Å². The van der Waals surface area contributed by atoms with E-state index in [0.717, 1.165) is 42.6 Å². The molecular formula is C15H20ClN5S. The van der Waals surface area contributed by atoms with E-state index in [9.17, 15) is 0 Å². The first kappa shape index (κ1) is 15.5. The highest BCUT2D eigenvalue weighted by Gasteiger charge is 2.35. The van der Waals surface area contributed by atoms with E-state index in [2.05, 4.69) is 43.1 Å². The van der Waals surface area contributed by atoms with Gasteiger partial charge < -0.3 is 16.0 Å². The van der Waals surface area contributed by atoms with E-state index in [-0.39, 0.29) is 12.4 Å². The number of hydrogen-bond acceptors (Lipinski definition) is 6. The lowest BCUT2D eigenvalue weighted by Crippen LogP contribution is -2.40. The van der Waals surface area contributed by atoms with Crippen LogP contribution in [0.15, 0.2) is 22.9 Å². The van der Waals surface area contributed by atoms with Crippen molar-refractivity contribution >= 4 is 35.5 Å². The van der Waals surface area contributed by atoms with Crippen molar-refractivity contribution < 1.29 is 0 Å². The molecule has 0 aliphatic carbocycles. The number of fused-ring (bicyclic) bond motifs is 1. The first-order valence-corrected chi connectivity index (χ1v) is 8.39. The van der Waals surface area contributed by atoms with Crippen LogP contribution in [0.25, 0.3) is 11.3 Å². The van der Waals surface area contributed by atoms with E-state index in [1.165, 1.54) is 12.8 Å². The SMILES string of the molecule is Cl.Nc1nc(-c2ccsc2)cc(N2C[C@H]3CCCN[C@H]3C2)n1. The highest BCUT2D eigenvalue weighted by Crippen LogP contribution is 2.30. The molecule has 0 unspecified atom stereocenters. The van der Waals surface area contributed by atoms with Gasteiger partial charge in [0, 0.05) is 36.1 Å². The number of nitrogens with two attached hydrogens (primary N) is 1. The molecule has 0 bridgehead atoms. The lowest BCUT2D eigenvalue weighted by Gasteiger charge is -2.24. The predicted molar refractivity (Wildman–Crippen MR) is 93.7 cm³/mol. The summed E-state index contributed by atoms with van der Waals surface area (Å²) in [4.78, 5) is 11.2. The Balaban J connectivity index is 0.00000144. The second-order valence-electron chi connectivity index (χ2n) is 5.85. The number of piperidine rings is 1. The van der Waals surface area contributed by atoms with Crippen LogP contribution < -0.4 is 16.0 Å². The van der Waals surface area contributed by atoms with Gasteiger partial charge in [-0.2, -0.15) is 16.3 Å². The second-order valence-corrected chi connectivity index (χ2v) is 6.63. The lowest BCUT2D eigenvalue weighted by molar-refractivity contribution is 0.340. The molecule has 0 amide bonds. The van der Waals surface area contributed by atoms with Gasteiger partial charge in [-0.1, -0.05) is 0 Å². The number of nitrogens with one attached hydrogen (secondary N) is 1. The number of rotatable bonds is 2. The van der Waals surface area contributed by atoms with Gasteiger partial charge in [-0.15, -0.1) is 12.4 Å². The molecule has 5 nitrogen and oxygen atoms in total. The second kappa shape index (κ2) is 6.40. The Labute approximate surface area is 140 Å². The molecule has 2 aromatic heterocycles. The smallest absolute Gasteiger partial charge is 0.222 e. The van der Waals surface area contributed by atoms with E-state index in [1.807, 2.05) is 0 Å². The van der Waals surface area contributed by atoms with Crippen LogP contribution >= 0.6 is 23.7 Å². The highest BCUT2D eigenvalue weighted by atomic mass is 35.5. The summed E-state index contributed by atoms with van der Waals surface area (Å²) in [5.74, 6) is 2.05. The van der Waals surface area contributed by atoms with Crippen molar-refractivity contribution in [2.45, 2.75) is 18.9 Å². The Morgan fingerprint density at radius 3 is 3.00 bits per heavy atom. The molecule has 2 saturated heterocycles. The van der Waals surface area contributed by atoms with Crippen LogP contribution in [0.4, 0.5) is 11.8 Å². The summed E-state index contributed by atoms with van der Waals surface area (Å²) >= 11 is 1.67. The Kier molecular flexibility index (Phi) is 4.52. The molecule has 2 atom stereocenters. The molecule has 0 aromatic carbocycles. The molecule has 2 aliphatic rings.